The SMILES string of the molecule is CC(C)(CN)c1ccc(/C(C#N)=C/c2ccc(OCc3ccccc3)cc2)cc1.c1ccc2occc2c1. The largest absolute Gasteiger partial charge is 0.489 e. The van der Waals surface area contributed by atoms with Crippen LogP contribution in [0.5, 0.6) is 5.75 Å². The van der Waals surface area contributed by atoms with Crippen LogP contribution in [0.3, 0.4) is 0 Å². The average molecular weight is 501 g/mol. The molecule has 5 aromatic rings. The average Bonchev–Trinajstić information content (AvgIpc) is 3.45. The first-order valence-corrected chi connectivity index (χ1v) is 12.6. The van der Waals surface area contributed by atoms with Crippen molar-refractivity contribution in [3.63, 3.8) is 0 Å². The molecule has 0 saturated heterocycles. The second-order valence-electron chi connectivity index (χ2n) is 9.64. The summed E-state index contributed by atoms with van der Waals surface area (Å²) in [6.07, 6.45) is 3.59. The fourth-order valence-electron chi connectivity index (χ4n) is 3.87. The van der Waals surface area contributed by atoms with E-state index in [9.17, 15) is 5.26 Å². The molecule has 0 aliphatic carbocycles. The summed E-state index contributed by atoms with van der Waals surface area (Å²) in [6, 6.07) is 38.1. The van der Waals surface area contributed by atoms with E-state index in [-0.39, 0.29) is 5.41 Å². The molecule has 2 N–H and O–H groups in total. The number of hydrogen-bond donors (Lipinski definition) is 1. The summed E-state index contributed by atoms with van der Waals surface area (Å²) >= 11 is 0. The quantitative estimate of drug-likeness (QED) is 0.181. The molecule has 0 unspecified atom stereocenters. The Morgan fingerprint density at radius 3 is 2.21 bits per heavy atom. The third-order valence-corrected chi connectivity index (χ3v) is 6.41. The molecule has 38 heavy (non-hydrogen) atoms. The molecule has 0 amide bonds. The third-order valence-electron chi connectivity index (χ3n) is 6.41. The van der Waals surface area contributed by atoms with Gasteiger partial charge in [-0.05, 0) is 52.6 Å². The van der Waals surface area contributed by atoms with E-state index in [0.29, 0.717) is 18.7 Å². The van der Waals surface area contributed by atoms with Crippen LogP contribution in [0, 0.1) is 11.3 Å². The van der Waals surface area contributed by atoms with Crippen molar-refractivity contribution in [3.05, 3.63) is 138 Å². The number of nitrogens with zero attached hydrogens (tertiary/aromatic N) is 1. The minimum Gasteiger partial charge on any atom is -0.489 e. The minimum absolute atomic E-state index is 0.0787. The molecule has 5 rings (SSSR count). The number of para-hydroxylation sites is 1. The van der Waals surface area contributed by atoms with Gasteiger partial charge in [0.25, 0.3) is 0 Å². The fraction of sp³-hybridized carbons (Fsp3) is 0.147. The Balaban J connectivity index is 0.000000311. The number of nitrogens with two attached hydrogens (primary N) is 1. The number of rotatable bonds is 7. The predicted molar refractivity (Wildman–Crippen MR) is 155 cm³/mol. The molecule has 0 spiro atoms. The summed E-state index contributed by atoms with van der Waals surface area (Å²) in [5.74, 6) is 0.804. The molecular weight excluding hydrogens is 468 g/mol. The molecule has 0 saturated carbocycles. The summed E-state index contributed by atoms with van der Waals surface area (Å²) in [4.78, 5) is 0. The van der Waals surface area contributed by atoms with E-state index in [2.05, 4.69) is 19.9 Å². The van der Waals surface area contributed by atoms with E-state index < -0.39 is 0 Å². The number of allylic oxidation sites excluding steroid dienone is 1. The van der Waals surface area contributed by atoms with Gasteiger partial charge in [0.1, 0.15) is 17.9 Å². The highest BCUT2D eigenvalue weighted by atomic mass is 16.5. The number of benzene rings is 4. The van der Waals surface area contributed by atoms with Crippen LogP contribution in [0.25, 0.3) is 22.6 Å². The van der Waals surface area contributed by atoms with Gasteiger partial charge in [0, 0.05) is 17.3 Å². The highest BCUT2D eigenvalue weighted by molar-refractivity contribution is 5.89. The van der Waals surface area contributed by atoms with Crippen molar-refractivity contribution >= 4 is 22.6 Å². The molecule has 0 aliphatic heterocycles. The maximum absolute atomic E-state index is 9.62. The molecule has 0 aliphatic rings. The zero-order valence-corrected chi connectivity index (χ0v) is 21.8. The van der Waals surface area contributed by atoms with Crippen LogP contribution in [0.2, 0.25) is 0 Å². The molecule has 1 heterocycles. The van der Waals surface area contributed by atoms with Crippen LogP contribution in [0.1, 0.15) is 36.1 Å². The van der Waals surface area contributed by atoms with E-state index in [1.54, 1.807) is 6.26 Å². The van der Waals surface area contributed by atoms with Crippen molar-refractivity contribution < 1.29 is 9.15 Å². The molecule has 4 nitrogen and oxygen atoms in total. The standard InChI is InChI=1S/C26H26N2O.C8H6O/c1-26(2,19-28)24-12-10-22(11-13-24)23(17-27)16-20-8-14-25(15-9-20)29-18-21-6-4-3-5-7-21;1-2-4-8-7(3-1)5-6-9-8/h3-16H,18-19,28H2,1-2H3;1-6H/b23-16+;. The maximum atomic E-state index is 9.62. The van der Waals surface area contributed by atoms with Gasteiger partial charge in [-0.25, -0.2) is 0 Å². The third kappa shape index (κ3) is 7.00. The molecular formula is C34H32N2O2. The van der Waals surface area contributed by atoms with Crippen molar-refractivity contribution in [2.24, 2.45) is 5.73 Å². The van der Waals surface area contributed by atoms with Crippen LogP contribution in [0.4, 0.5) is 0 Å². The van der Waals surface area contributed by atoms with E-state index in [1.165, 1.54) is 5.56 Å². The number of ether oxygens (including phenoxy) is 1. The molecule has 0 fully saturated rings. The van der Waals surface area contributed by atoms with Gasteiger partial charge in [-0.3, -0.25) is 0 Å². The summed E-state index contributed by atoms with van der Waals surface area (Å²) in [5.41, 5.74) is 11.5. The van der Waals surface area contributed by atoms with Gasteiger partial charge in [-0.1, -0.05) is 98.8 Å². The Morgan fingerprint density at radius 1 is 0.868 bits per heavy atom. The van der Waals surface area contributed by atoms with Gasteiger partial charge in [0.15, 0.2) is 0 Å². The van der Waals surface area contributed by atoms with E-state index >= 15 is 0 Å². The number of fused-ring (bicyclic) bond motifs is 1. The second kappa shape index (κ2) is 12.6. The first-order valence-electron chi connectivity index (χ1n) is 12.6. The highest BCUT2D eigenvalue weighted by Crippen LogP contribution is 2.25. The lowest BCUT2D eigenvalue weighted by molar-refractivity contribution is 0.306. The predicted octanol–water partition coefficient (Wildman–Crippen LogP) is 8.00. The number of nitriles is 1. The molecule has 4 heteroatoms. The van der Waals surface area contributed by atoms with Gasteiger partial charge in [0.05, 0.1) is 17.9 Å². The van der Waals surface area contributed by atoms with Crippen molar-refractivity contribution in [2.45, 2.75) is 25.9 Å². The lowest BCUT2D eigenvalue weighted by atomic mass is 9.84. The van der Waals surface area contributed by atoms with Crippen LogP contribution < -0.4 is 10.5 Å². The lowest BCUT2D eigenvalue weighted by Gasteiger charge is -2.23. The molecule has 4 aromatic carbocycles. The zero-order chi connectivity index (χ0) is 26.8. The Labute approximate surface area is 224 Å². The van der Waals surface area contributed by atoms with Gasteiger partial charge in [-0.15, -0.1) is 0 Å². The number of furan rings is 1. The second-order valence-corrected chi connectivity index (χ2v) is 9.64. The van der Waals surface area contributed by atoms with Crippen LogP contribution >= 0.6 is 0 Å². The van der Waals surface area contributed by atoms with Gasteiger partial charge in [0.2, 0.25) is 0 Å². The van der Waals surface area contributed by atoms with E-state index in [0.717, 1.165) is 33.4 Å². The summed E-state index contributed by atoms with van der Waals surface area (Å²) in [7, 11) is 0. The zero-order valence-electron chi connectivity index (χ0n) is 21.8. The van der Waals surface area contributed by atoms with Crippen LogP contribution in [-0.4, -0.2) is 6.54 Å². The van der Waals surface area contributed by atoms with Crippen molar-refractivity contribution in [1.82, 2.24) is 0 Å². The first-order chi connectivity index (χ1) is 18.5. The highest BCUT2D eigenvalue weighted by Gasteiger charge is 2.18. The Hall–Kier alpha value is -4.59. The van der Waals surface area contributed by atoms with Crippen LogP contribution in [0.15, 0.2) is 120 Å². The maximum Gasteiger partial charge on any atom is 0.133 e. The van der Waals surface area contributed by atoms with Crippen LogP contribution in [-0.2, 0) is 12.0 Å². The smallest absolute Gasteiger partial charge is 0.133 e. The van der Waals surface area contributed by atoms with Crippen molar-refractivity contribution in [1.29, 1.82) is 5.26 Å². The lowest BCUT2D eigenvalue weighted by Crippen LogP contribution is -2.27. The van der Waals surface area contributed by atoms with Crippen molar-refractivity contribution in [3.8, 4) is 11.8 Å². The molecule has 190 valence electrons. The monoisotopic (exact) mass is 500 g/mol. The normalized spacial score (nSPS) is 11.4. The Morgan fingerprint density at radius 2 is 1.55 bits per heavy atom. The molecule has 0 atom stereocenters. The Kier molecular flexibility index (Phi) is 8.77. The van der Waals surface area contributed by atoms with Gasteiger partial charge < -0.3 is 14.9 Å². The topological polar surface area (TPSA) is 72.2 Å². The van der Waals surface area contributed by atoms with E-state index in [1.807, 2.05) is 115 Å². The summed E-state index contributed by atoms with van der Waals surface area (Å²) in [6.45, 7) is 5.34. The molecule has 0 radical (unpaired) electrons. The fourth-order valence-corrected chi connectivity index (χ4v) is 3.87. The van der Waals surface area contributed by atoms with E-state index in [4.69, 9.17) is 14.9 Å². The minimum atomic E-state index is -0.0787. The van der Waals surface area contributed by atoms with Gasteiger partial charge in [-0.2, -0.15) is 5.26 Å². The van der Waals surface area contributed by atoms with Gasteiger partial charge >= 0.3 is 0 Å². The molecule has 0 bridgehead atoms. The first kappa shape index (κ1) is 26.5. The summed E-state index contributed by atoms with van der Waals surface area (Å²) < 4.78 is 10.9. The summed E-state index contributed by atoms with van der Waals surface area (Å²) in [5, 5.41) is 10.8. The molecule has 1 aromatic heterocycles. The van der Waals surface area contributed by atoms with Crippen molar-refractivity contribution in [2.75, 3.05) is 6.54 Å². The Bertz CT molecular complexity index is 1480. The number of hydrogen-bond acceptors (Lipinski definition) is 4.